The number of anilines is 2. The number of aromatic nitrogens is 8. The van der Waals surface area contributed by atoms with Gasteiger partial charge < -0.3 is 35.1 Å². The first-order valence-electron chi connectivity index (χ1n) is 20.0. The molecule has 6 aromatic rings. The number of methoxy groups -OCH3 is 1. The lowest BCUT2D eigenvalue weighted by molar-refractivity contribution is -0.139. The number of pyridine rings is 2. The molecule has 3 fully saturated rings. The van der Waals surface area contributed by atoms with Crippen LogP contribution in [0.3, 0.4) is 0 Å². The van der Waals surface area contributed by atoms with Crippen LogP contribution >= 0.6 is 23.2 Å². The molecule has 1 aliphatic carbocycles. The molecule has 2 saturated heterocycles. The Morgan fingerprint density at radius 3 is 1.77 bits per heavy atom. The van der Waals surface area contributed by atoms with E-state index in [4.69, 9.17) is 27.9 Å². The fourth-order valence-electron chi connectivity index (χ4n) is 7.79. The second kappa shape index (κ2) is 18.4. The van der Waals surface area contributed by atoms with E-state index in [1.807, 2.05) is 4.90 Å². The van der Waals surface area contributed by atoms with Crippen LogP contribution in [0.15, 0.2) is 49.3 Å². The Balaban J connectivity index is 0.000000166. The van der Waals surface area contributed by atoms with Crippen molar-refractivity contribution in [2.24, 2.45) is 5.92 Å². The van der Waals surface area contributed by atoms with Crippen LogP contribution in [0.2, 0.25) is 10.0 Å². The molecule has 3 aliphatic rings. The molecular formula is C41H44Cl2F2N12O3. The lowest BCUT2D eigenvalue weighted by Crippen LogP contribution is -2.48. The van der Waals surface area contributed by atoms with Crippen LogP contribution in [0, 0.1) is 17.6 Å². The van der Waals surface area contributed by atoms with E-state index < -0.39 is 11.6 Å². The number of piperidine rings is 2. The van der Waals surface area contributed by atoms with Crippen molar-refractivity contribution in [3.05, 3.63) is 71.0 Å². The van der Waals surface area contributed by atoms with Crippen LogP contribution < -0.4 is 10.6 Å². The Bertz CT molecular complexity index is 2500. The van der Waals surface area contributed by atoms with Gasteiger partial charge in [-0.05, 0) is 50.7 Å². The van der Waals surface area contributed by atoms with Gasteiger partial charge in [-0.3, -0.25) is 9.59 Å². The zero-order valence-electron chi connectivity index (χ0n) is 32.9. The molecule has 0 bridgehead atoms. The zero-order chi connectivity index (χ0) is 41.8. The van der Waals surface area contributed by atoms with Gasteiger partial charge in [0.1, 0.15) is 11.3 Å². The number of rotatable bonds is 10. The molecule has 2 atom stereocenters. The molecule has 19 heteroatoms. The van der Waals surface area contributed by atoms with E-state index in [0.29, 0.717) is 76.8 Å². The van der Waals surface area contributed by atoms with Gasteiger partial charge in [-0.15, -0.1) is 0 Å². The van der Waals surface area contributed by atoms with Crippen LogP contribution in [0.25, 0.3) is 44.8 Å². The van der Waals surface area contributed by atoms with E-state index >= 15 is 0 Å². The van der Waals surface area contributed by atoms with Crippen molar-refractivity contribution in [2.45, 2.75) is 63.5 Å². The highest BCUT2D eigenvalue weighted by Gasteiger charge is 2.33. The number of carbonyl (C=O) groups excluding carboxylic acids is 2. The minimum Gasteiger partial charge on any atom is -0.384 e. The van der Waals surface area contributed by atoms with Gasteiger partial charge in [-0.25, -0.2) is 38.7 Å². The molecule has 9 rings (SSSR count). The summed E-state index contributed by atoms with van der Waals surface area (Å²) in [5, 5.41) is 8.87. The Kier molecular flexibility index (Phi) is 12.6. The molecule has 0 spiro atoms. The lowest BCUT2D eigenvalue weighted by atomic mass is 9.84. The van der Waals surface area contributed by atoms with E-state index in [0.717, 1.165) is 68.5 Å². The maximum Gasteiger partial charge on any atom is 0.225 e. The molecule has 8 heterocycles. The first-order chi connectivity index (χ1) is 29.1. The van der Waals surface area contributed by atoms with Crippen LogP contribution in [0.1, 0.15) is 51.4 Å². The van der Waals surface area contributed by atoms with E-state index in [1.165, 1.54) is 6.20 Å². The number of H-pyrrole nitrogens is 2. The average molecular weight is 862 g/mol. The van der Waals surface area contributed by atoms with Crippen molar-refractivity contribution >= 4 is 68.7 Å². The Morgan fingerprint density at radius 2 is 1.27 bits per heavy atom. The smallest absolute Gasteiger partial charge is 0.225 e. The molecule has 15 nitrogen and oxygen atoms in total. The molecule has 314 valence electrons. The monoisotopic (exact) mass is 860 g/mol. The summed E-state index contributed by atoms with van der Waals surface area (Å²) in [4.78, 5) is 60.3. The van der Waals surface area contributed by atoms with Crippen molar-refractivity contribution in [2.75, 3.05) is 50.5 Å². The number of halogens is 4. The van der Waals surface area contributed by atoms with Gasteiger partial charge in [0.15, 0.2) is 34.9 Å². The van der Waals surface area contributed by atoms with Crippen molar-refractivity contribution in [3.63, 3.8) is 0 Å². The molecule has 0 unspecified atom stereocenters. The van der Waals surface area contributed by atoms with Gasteiger partial charge in [0.2, 0.25) is 11.8 Å². The zero-order valence-corrected chi connectivity index (χ0v) is 34.4. The number of ether oxygens (including phenoxy) is 1. The van der Waals surface area contributed by atoms with Crippen LogP contribution in [0.4, 0.5) is 20.4 Å². The van der Waals surface area contributed by atoms with Gasteiger partial charge in [-0.2, -0.15) is 0 Å². The number of carbonyl (C=O) groups is 2. The van der Waals surface area contributed by atoms with Crippen molar-refractivity contribution in [1.82, 2.24) is 49.7 Å². The number of nitrogens with zero attached hydrogens (tertiary/aromatic N) is 8. The largest absolute Gasteiger partial charge is 0.384 e. The number of nitrogens with one attached hydrogen (secondary N) is 4. The molecule has 2 amide bonds. The van der Waals surface area contributed by atoms with Crippen molar-refractivity contribution in [3.8, 4) is 22.8 Å². The maximum absolute atomic E-state index is 14.5. The van der Waals surface area contributed by atoms with E-state index in [9.17, 15) is 18.4 Å². The van der Waals surface area contributed by atoms with Gasteiger partial charge in [0.25, 0.3) is 0 Å². The summed E-state index contributed by atoms with van der Waals surface area (Å²) in [6, 6.07) is 3.40. The van der Waals surface area contributed by atoms with E-state index in [1.54, 1.807) is 48.9 Å². The van der Waals surface area contributed by atoms with Crippen molar-refractivity contribution in [1.29, 1.82) is 0 Å². The second-order valence-corrected chi connectivity index (χ2v) is 16.1. The van der Waals surface area contributed by atoms with Gasteiger partial charge in [-0.1, -0.05) is 29.6 Å². The summed E-state index contributed by atoms with van der Waals surface area (Å²) in [6.07, 6.45) is 15.7. The average Bonchev–Trinajstić information content (AvgIpc) is 3.85. The summed E-state index contributed by atoms with van der Waals surface area (Å²) >= 11 is 12.1. The summed E-state index contributed by atoms with van der Waals surface area (Å²) in [5.41, 5.74) is 2.69. The Morgan fingerprint density at radius 1 is 0.750 bits per heavy atom. The SMILES string of the molecule is COCCC(=O)N1CCC[C@@H](Nc2nc(-c3c[nH]c4ncc(Cl)cc34)ncc2F)C1.O=C(C1CCC1)N1CCC[C@@H](Nc2nc(-c3c[nH]c4ncc(Cl)cc34)ncc2F)C1. The van der Waals surface area contributed by atoms with E-state index in [-0.39, 0.29) is 41.5 Å². The normalized spacial score (nSPS) is 18.2. The minimum atomic E-state index is -0.544. The summed E-state index contributed by atoms with van der Waals surface area (Å²) < 4.78 is 33.9. The molecule has 6 aromatic heterocycles. The molecule has 0 aromatic carbocycles. The third-order valence-electron chi connectivity index (χ3n) is 11.1. The third kappa shape index (κ3) is 9.27. The predicted molar refractivity (Wildman–Crippen MR) is 224 cm³/mol. The summed E-state index contributed by atoms with van der Waals surface area (Å²) in [7, 11) is 1.57. The summed E-state index contributed by atoms with van der Waals surface area (Å²) in [5.74, 6) is 0.386. The highest BCUT2D eigenvalue weighted by atomic mass is 35.5. The number of likely N-dealkylation sites (tertiary alicyclic amines) is 2. The predicted octanol–water partition coefficient (Wildman–Crippen LogP) is 7.27. The van der Waals surface area contributed by atoms with Crippen LogP contribution in [-0.4, -0.2) is 113 Å². The lowest BCUT2D eigenvalue weighted by Gasteiger charge is -2.37. The van der Waals surface area contributed by atoms with Crippen LogP contribution in [-0.2, 0) is 14.3 Å². The number of amides is 2. The second-order valence-electron chi connectivity index (χ2n) is 15.2. The number of hydrogen-bond acceptors (Lipinski definition) is 11. The highest BCUT2D eigenvalue weighted by molar-refractivity contribution is 6.31. The fourth-order valence-corrected chi connectivity index (χ4v) is 8.10. The van der Waals surface area contributed by atoms with Gasteiger partial charge >= 0.3 is 0 Å². The molecule has 0 radical (unpaired) electrons. The molecular weight excluding hydrogens is 817 g/mol. The first kappa shape index (κ1) is 41.2. The first-order valence-corrected chi connectivity index (χ1v) is 20.8. The fraction of sp³-hybridized carbons (Fsp3) is 0.415. The third-order valence-corrected chi connectivity index (χ3v) is 11.5. The highest BCUT2D eigenvalue weighted by Crippen LogP contribution is 2.32. The van der Waals surface area contributed by atoms with Gasteiger partial charge in [0.05, 0.1) is 35.5 Å². The number of aromatic amines is 2. The number of fused-ring (bicyclic) bond motifs is 2. The Hall–Kier alpha value is -5.52. The molecule has 4 N–H and O–H groups in total. The maximum atomic E-state index is 14.5. The molecule has 1 saturated carbocycles. The Labute approximate surface area is 354 Å². The van der Waals surface area contributed by atoms with Crippen LogP contribution in [0.5, 0.6) is 0 Å². The standard InChI is InChI=1S/C21H22ClFN6O.C20H22ClFN6O2/c22-13-7-15-16(9-25-18(15)24-8-13)19-26-10-17(23)20(28-19)27-14-5-2-6-29(11-14)21(30)12-3-1-4-12;1-30-6-4-17(29)28-5-2-3-13(11-28)26-20-16(22)10-25-19(27-20)15-9-24-18-14(15)7-12(21)8-23-18/h7-10,12,14H,1-6,11H2,(H,24,25)(H,26,27,28);7-10,13H,2-6,11H2,1H3,(H,23,24)(H,25,26,27)/t14-;13-/m11/s1. The van der Waals surface area contributed by atoms with Crippen molar-refractivity contribution < 1.29 is 23.1 Å². The molecule has 2 aliphatic heterocycles. The minimum absolute atomic E-state index is 0.0374. The summed E-state index contributed by atoms with van der Waals surface area (Å²) in [6.45, 7) is 2.92. The molecule has 60 heavy (non-hydrogen) atoms. The number of hydrogen-bond donors (Lipinski definition) is 4. The van der Waals surface area contributed by atoms with E-state index in [2.05, 4.69) is 50.5 Å². The quantitative estimate of drug-likeness (QED) is 0.109. The topological polar surface area (TPSA) is 183 Å². The van der Waals surface area contributed by atoms with Gasteiger partial charge in [0, 0.05) is 98.0 Å².